The van der Waals surface area contributed by atoms with Gasteiger partial charge in [0, 0.05) is 17.6 Å². The number of nitrogens with zero attached hydrogens (tertiary/aromatic N) is 1. The Bertz CT molecular complexity index is 839. The quantitative estimate of drug-likeness (QED) is 0.630. The zero-order valence-corrected chi connectivity index (χ0v) is 15.1. The Morgan fingerprint density at radius 3 is 2.76 bits per heavy atom. The van der Waals surface area contributed by atoms with Gasteiger partial charge in [-0.25, -0.2) is 9.87 Å². The normalized spacial score (nSPS) is 11.9. The summed E-state index contributed by atoms with van der Waals surface area (Å²) in [4.78, 5) is 29.0. The molecule has 0 aliphatic rings. The van der Waals surface area contributed by atoms with Crippen LogP contribution in [0.1, 0.15) is 17.3 Å². The third-order valence-corrected chi connectivity index (χ3v) is 3.73. The molecule has 1 atom stereocenters. The van der Waals surface area contributed by atoms with E-state index >= 15 is 0 Å². The molecule has 9 heteroatoms. The fraction of sp³-hybridized carbons (Fsp3) is 0.250. The number of rotatable bonds is 6. The highest BCUT2D eigenvalue weighted by Gasteiger charge is 2.17. The van der Waals surface area contributed by atoms with Crippen LogP contribution >= 0.6 is 15.9 Å². The number of aliphatic hydroxyl groups excluding tert-OH is 1. The second-order valence-corrected chi connectivity index (χ2v) is 6.25. The third kappa shape index (κ3) is 4.88. The summed E-state index contributed by atoms with van der Waals surface area (Å²) in [5, 5.41) is 11.9. The Balaban J connectivity index is 2.34. The minimum atomic E-state index is -0.755. The van der Waals surface area contributed by atoms with Crippen molar-refractivity contribution < 1.29 is 19.1 Å². The van der Waals surface area contributed by atoms with Crippen molar-refractivity contribution in [3.8, 4) is 0 Å². The second-order valence-electron chi connectivity index (χ2n) is 5.33. The topological polar surface area (TPSA) is 92.6 Å². The number of hydrogen-bond acceptors (Lipinski definition) is 5. The fourth-order valence-electron chi connectivity index (χ4n) is 1.97. The first kappa shape index (κ1) is 19.1. The van der Waals surface area contributed by atoms with E-state index in [0.717, 1.165) is 0 Å². The summed E-state index contributed by atoms with van der Waals surface area (Å²) in [6.45, 7) is 1.41. The van der Waals surface area contributed by atoms with Crippen molar-refractivity contribution in [3.05, 3.63) is 56.5 Å². The van der Waals surface area contributed by atoms with Gasteiger partial charge in [-0.3, -0.25) is 19.0 Å². The standard InChI is InChI=1S/C16H17BrFN3O4/c1-9(22)8-25-20-16(24)11-4-6-14(23)21(2)15(11)19-13-5-3-10(17)7-12(13)18/h3-7,9,19,22H,8H2,1-2H3,(H,20,24). The van der Waals surface area contributed by atoms with Gasteiger partial charge in [-0.2, -0.15) is 0 Å². The van der Waals surface area contributed by atoms with Gasteiger partial charge in [-0.15, -0.1) is 0 Å². The van der Waals surface area contributed by atoms with Crippen LogP contribution in [0, 0.1) is 5.82 Å². The minimum absolute atomic E-state index is 0.0787. The predicted octanol–water partition coefficient (Wildman–Crippen LogP) is 2.07. The average Bonchev–Trinajstić information content (AvgIpc) is 2.53. The number of hydrogen-bond donors (Lipinski definition) is 3. The number of pyridine rings is 1. The molecular formula is C16H17BrFN3O4. The van der Waals surface area contributed by atoms with Crippen molar-refractivity contribution in [1.29, 1.82) is 0 Å². The maximum atomic E-state index is 14.1. The minimum Gasteiger partial charge on any atom is -0.391 e. The Morgan fingerprint density at radius 1 is 1.40 bits per heavy atom. The molecule has 0 radical (unpaired) electrons. The molecule has 1 aromatic carbocycles. The smallest absolute Gasteiger partial charge is 0.278 e. The molecule has 0 saturated carbocycles. The van der Waals surface area contributed by atoms with E-state index in [4.69, 9.17) is 9.94 Å². The average molecular weight is 414 g/mol. The zero-order valence-electron chi connectivity index (χ0n) is 13.5. The number of aliphatic hydroxyl groups is 1. The molecule has 2 aromatic rings. The molecule has 0 spiro atoms. The molecule has 0 bridgehead atoms. The lowest BCUT2D eigenvalue weighted by Gasteiger charge is -2.16. The molecule has 7 nitrogen and oxygen atoms in total. The van der Waals surface area contributed by atoms with E-state index in [1.807, 2.05) is 0 Å². The van der Waals surface area contributed by atoms with Crippen LogP contribution in [0.2, 0.25) is 0 Å². The number of anilines is 2. The number of halogens is 2. The van der Waals surface area contributed by atoms with E-state index in [9.17, 15) is 14.0 Å². The second kappa shape index (κ2) is 8.24. The van der Waals surface area contributed by atoms with Gasteiger partial charge >= 0.3 is 0 Å². The summed E-state index contributed by atoms with van der Waals surface area (Å²) in [5.41, 5.74) is 1.98. The zero-order chi connectivity index (χ0) is 18.6. The molecule has 1 amide bonds. The van der Waals surface area contributed by atoms with Crippen LogP contribution in [-0.4, -0.2) is 28.3 Å². The maximum absolute atomic E-state index is 14.1. The van der Waals surface area contributed by atoms with Gasteiger partial charge in [0.2, 0.25) is 0 Å². The number of nitrogens with one attached hydrogen (secondary N) is 2. The molecule has 134 valence electrons. The summed E-state index contributed by atoms with van der Waals surface area (Å²) in [6, 6.07) is 6.88. The highest BCUT2D eigenvalue weighted by Crippen LogP contribution is 2.24. The first-order valence-corrected chi connectivity index (χ1v) is 8.11. The summed E-state index contributed by atoms with van der Waals surface area (Å²) in [5.74, 6) is -1.09. The summed E-state index contributed by atoms with van der Waals surface area (Å²) < 4.78 is 15.8. The highest BCUT2D eigenvalue weighted by atomic mass is 79.9. The number of amides is 1. The lowest BCUT2D eigenvalue weighted by atomic mass is 10.2. The molecule has 1 aromatic heterocycles. The van der Waals surface area contributed by atoms with Crippen molar-refractivity contribution >= 4 is 33.3 Å². The van der Waals surface area contributed by atoms with E-state index in [2.05, 4.69) is 26.7 Å². The van der Waals surface area contributed by atoms with Crippen LogP contribution in [-0.2, 0) is 11.9 Å². The Labute approximate surface area is 151 Å². The summed E-state index contributed by atoms with van der Waals surface area (Å²) >= 11 is 3.16. The molecule has 0 saturated heterocycles. The van der Waals surface area contributed by atoms with Crippen LogP contribution < -0.4 is 16.4 Å². The van der Waals surface area contributed by atoms with Gasteiger partial charge in [0.25, 0.3) is 11.5 Å². The van der Waals surface area contributed by atoms with Gasteiger partial charge in [-0.05, 0) is 31.2 Å². The fourth-order valence-corrected chi connectivity index (χ4v) is 2.30. The molecule has 0 fully saturated rings. The summed E-state index contributed by atoms with van der Waals surface area (Å²) in [7, 11) is 1.45. The van der Waals surface area contributed by atoms with Crippen LogP contribution in [0.4, 0.5) is 15.9 Å². The van der Waals surface area contributed by atoms with Gasteiger partial charge in [0.15, 0.2) is 0 Å². The molecule has 3 N–H and O–H groups in total. The number of carbonyl (C=O) groups excluding carboxylic acids is 1. The van der Waals surface area contributed by atoms with Gasteiger partial charge in [-0.1, -0.05) is 15.9 Å². The van der Waals surface area contributed by atoms with Crippen LogP contribution in [0.5, 0.6) is 0 Å². The largest absolute Gasteiger partial charge is 0.391 e. The molecular weight excluding hydrogens is 397 g/mol. The first-order valence-electron chi connectivity index (χ1n) is 7.32. The van der Waals surface area contributed by atoms with Crippen LogP contribution in [0.25, 0.3) is 0 Å². The van der Waals surface area contributed by atoms with Crippen LogP contribution in [0.3, 0.4) is 0 Å². The maximum Gasteiger partial charge on any atom is 0.278 e. The molecule has 0 aliphatic carbocycles. The van der Waals surface area contributed by atoms with Gasteiger partial charge in [0.05, 0.1) is 17.4 Å². The Kier molecular flexibility index (Phi) is 6.29. The highest BCUT2D eigenvalue weighted by molar-refractivity contribution is 9.10. The lowest BCUT2D eigenvalue weighted by Crippen LogP contribution is -2.30. The van der Waals surface area contributed by atoms with Crippen LogP contribution in [0.15, 0.2) is 39.6 Å². The summed E-state index contributed by atoms with van der Waals surface area (Å²) in [6.07, 6.45) is -0.755. The molecule has 25 heavy (non-hydrogen) atoms. The molecule has 2 rings (SSSR count). The number of benzene rings is 1. The van der Waals surface area contributed by atoms with Crippen molar-refractivity contribution in [2.24, 2.45) is 7.05 Å². The predicted molar refractivity (Wildman–Crippen MR) is 94.2 cm³/mol. The Hall–Kier alpha value is -2.23. The van der Waals surface area contributed by atoms with Crippen molar-refractivity contribution in [2.75, 3.05) is 11.9 Å². The van der Waals surface area contributed by atoms with E-state index in [1.165, 1.54) is 42.8 Å². The van der Waals surface area contributed by atoms with E-state index in [1.54, 1.807) is 6.07 Å². The monoisotopic (exact) mass is 413 g/mol. The number of hydroxylamine groups is 1. The third-order valence-electron chi connectivity index (χ3n) is 3.23. The van der Waals surface area contributed by atoms with Crippen molar-refractivity contribution in [1.82, 2.24) is 10.0 Å². The van der Waals surface area contributed by atoms with E-state index in [0.29, 0.717) is 4.47 Å². The molecule has 1 unspecified atom stereocenters. The number of aromatic nitrogens is 1. The van der Waals surface area contributed by atoms with Crippen molar-refractivity contribution in [3.63, 3.8) is 0 Å². The SMILES string of the molecule is CC(O)CONC(=O)c1ccc(=O)n(C)c1Nc1ccc(Br)cc1F. The number of carbonyl (C=O) groups is 1. The molecule has 0 aliphatic heterocycles. The van der Waals surface area contributed by atoms with Gasteiger partial charge in [0.1, 0.15) is 18.2 Å². The van der Waals surface area contributed by atoms with Crippen molar-refractivity contribution in [2.45, 2.75) is 13.0 Å². The molecule has 1 heterocycles. The van der Waals surface area contributed by atoms with E-state index in [-0.39, 0.29) is 29.2 Å². The Morgan fingerprint density at radius 2 is 2.12 bits per heavy atom. The van der Waals surface area contributed by atoms with Gasteiger partial charge < -0.3 is 10.4 Å². The first-order chi connectivity index (χ1) is 11.8. The van der Waals surface area contributed by atoms with E-state index < -0.39 is 17.8 Å². The lowest BCUT2D eigenvalue weighted by molar-refractivity contribution is -0.00685.